The molecule has 0 unspecified atom stereocenters. The molecule has 146 valence electrons. The lowest BCUT2D eigenvalue weighted by Gasteiger charge is -2.23. The van der Waals surface area contributed by atoms with Crippen molar-refractivity contribution >= 4 is 5.97 Å². The van der Waals surface area contributed by atoms with Crippen LogP contribution >= 0.6 is 0 Å². The number of aromatic nitrogens is 4. The molecule has 7 nitrogen and oxygen atoms in total. The molecule has 7 heteroatoms. The summed E-state index contributed by atoms with van der Waals surface area (Å²) in [6, 6.07) is 0. The number of nitrogens with zero attached hydrogens (tertiary/aromatic N) is 4. The maximum atomic E-state index is 12.6. The van der Waals surface area contributed by atoms with Crippen LogP contribution in [0.15, 0.2) is 12.4 Å². The second kappa shape index (κ2) is 7.66. The maximum Gasteiger partial charge on any atom is 0.357 e. The van der Waals surface area contributed by atoms with Crippen LogP contribution < -0.4 is 4.74 Å². The number of carbonyl (C=O) groups excluding carboxylic acids is 1. The minimum Gasteiger partial charge on any atom is -0.487 e. The molecular weight excluding hydrogens is 344 g/mol. The Morgan fingerprint density at radius 3 is 2.52 bits per heavy atom. The number of hydrogen-bond donors (Lipinski definition) is 0. The Hall–Kier alpha value is -2.44. The smallest absolute Gasteiger partial charge is 0.357 e. The Morgan fingerprint density at radius 1 is 1.19 bits per heavy atom. The molecule has 0 radical (unpaired) electrons. The number of aryl methyl sites for hydroxylation is 2. The van der Waals surface area contributed by atoms with Crippen molar-refractivity contribution in [1.29, 1.82) is 0 Å². The van der Waals surface area contributed by atoms with Gasteiger partial charge < -0.3 is 9.47 Å². The zero-order chi connectivity index (χ0) is 19.6. The molecule has 1 aliphatic carbocycles. The van der Waals surface area contributed by atoms with E-state index in [1.54, 1.807) is 19.4 Å². The summed E-state index contributed by atoms with van der Waals surface area (Å²) in [7, 11) is 1.70. The number of carbonyl (C=O) groups is 1. The molecule has 2 heterocycles. The second-order valence-corrected chi connectivity index (χ2v) is 8.05. The summed E-state index contributed by atoms with van der Waals surface area (Å²) < 4.78 is 13.1. The van der Waals surface area contributed by atoms with E-state index in [0.717, 1.165) is 18.5 Å². The standard InChI is InChI=1S/C20H28N4O3/c1-13-16(26-14-9-7-6-8-10-14)12-21-18(23-13)15-11-22-24(5)17(15)19(25)27-20(2,3)4/h11-12,14H,6-10H2,1-5H3. The predicted octanol–water partition coefficient (Wildman–Crippen LogP) is 3.85. The van der Waals surface area contributed by atoms with E-state index in [2.05, 4.69) is 15.1 Å². The van der Waals surface area contributed by atoms with Gasteiger partial charge in [0.05, 0.1) is 29.8 Å². The third-order valence-electron chi connectivity index (χ3n) is 4.55. The summed E-state index contributed by atoms with van der Waals surface area (Å²) in [4.78, 5) is 21.6. The highest BCUT2D eigenvalue weighted by molar-refractivity contribution is 5.94. The summed E-state index contributed by atoms with van der Waals surface area (Å²) in [5.41, 5.74) is 1.06. The largest absolute Gasteiger partial charge is 0.487 e. The van der Waals surface area contributed by atoms with Gasteiger partial charge in [-0.1, -0.05) is 6.42 Å². The average molecular weight is 372 g/mol. The molecular formula is C20H28N4O3. The zero-order valence-electron chi connectivity index (χ0n) is 16.8. The molecule has 1 fully saturated rings. The van der Waals surface area contributed by atoms with Crippen LogP contribution in [0.2, 0.25) is 0 Å². The van der Waals surface area contributed by atoms with Gasteiger partial charge in [-0.3, -0.25) is 4.68 Å². The number of rotatable bonds is 4. The average Bonchev–Trinajstić information content (AvgIpc) is 2.98. The summed E-state index contributed by atoms with van der Waals surface area (Å²) in [6.45, 7) is 7.39. The van der Waals surface area contributed by atoms with Crippen LogP contribution in [0.5, 0.6) is 5.75 Å². The number of esters is 1. The first-order chi connectivity index (χ1) is 12.7. The van der Waals surface area contributed by atoms with Gasteiger partial charge in [0.25, 0.3) is 0 Å². The first-order valence-corrected chi connectivity index (χ1v) is 9.50. The van der Waals surface area contributed by atoms with Gasteiger partial charge >= 0.3 is 5.97 Å². The van der Waals surface area contributed by atoms with Crippen molar-refractivity contribution in [3.63, 3.8) is 0 Å². The van der Waals surface area contributed by atoms with Gasteiger partial charge in [0.15, 0.2) is 17.3 Å². The van der Waals surface area contributed by atoms with E-state index in [-0.39, 0.29) is 6.10 Å². The van der Waals surface area contributed by atoms with Crippen LogP contribution in [0.1, 0.15) is 69.1 Å². The quantitative estimate of drug-likeness (QED) is 0.759. The number of ether oxygens (including phenoxy) is 2. The van der Waals surface area contributed by atoms with Crippen molar-refractivity contribution in [2.45, 2.75) is 71.5 Å². The fraction of sp³-hybridized carbons (Fsp3) is 0.600. The third kappa shape index (κ3) is 4.64. The van der Waals surface area contributed by atoms with E-state index < -0.39 is 11.6 Å². The fourth-order valence-electron chi connectivity index (χ4n) is 3.23. The van der Waals surface area contributed by atoms with Gasteiger partial charge in [0, 0.05) is 7.05 Å². The van der Waals surface area contributed by atoms with Crippen molar-refractivity contribution in [1.82, 2.24) is 19.7 Å². The van der Waals surface area contributed by atoms with Gasteiger partial charge in [-0.05, 0) is 53.4 Å². The van der Waals surface area contributed by atoms with E-state index in [0.29, 0.717) is 22.8 Å². The van der Waals surface area contributed by atoms with E-state index in [9.17, 15) is 4.79 Å². The Morgan fingerprint density at radius 2 is 1.89 bits per heavy atom. The minimum atomic E-state index is -0.590. The van der Waals surface area contributed by atoms with Crippen LogP contribution in [0, 0.1) is 6.92 Å². The van der Waals surface area contributed by atoms with Crippen molar-refractivity contribution in [2.75, 3.05) is 0 Å². The van der Waals surface area contributed by atoms with Gasteiger partial charge in [-0.25, -0.2) is 14.8 Å². The molecule has 0 amide bonds. The molecule has 3 rings (SSSR count). The van der Waals surface area contributed by atoms with Gasteiger partial charge in [0.1, 0.15) is 5.60 Å². The first kappa shape index (κ1) is 19.3. The summed E-state index contributed by atoms with van der Waals surface area (Å²) in [6.07, 6.45) is 9.37. The van der Waals surface area contributed by atoms with Crippen LogP contribution in [-0.2, 0) is 11.8 Å². The molecule has 0 atom stereocenters. The zero-order valence-corrected chi connectivity index (χ0v) is 16.8. The summed E-state index contributed by atoms with van der Waals surface area (Å²) >= 11 is 0. The molecule has 2 aromatic heterocycles. The van der Waals surface area contributed by atoms with Crippen molar-refractivity contribution in [3.05, 3.63) is 23.8 Å². The maximum absolute atomic E-state index is 12.6. The van der Waals surface area contributed by atoms with Gasteiger partial charge in [-0.2, -0.15) is 5.10 Å². The third-order valence-corrected chi connectivity index (χ3v) is 4.55. The van der Waals surface area contributed by atoms with Crippen LogP contribution in [0.3, 0.4) is 0 Å². The molecule has 0 bridgehead atoms. The molecule has 0 aliphatic heterocycles. The lowest BCUT2D eigenvalue weighted by molar-refractivity contribution is 0.00584. The van der Waals surface area contributed by atoms with E-state index >= 15 is 0 Å². The monoisotopic (exact) mass is 372 g/mol. The van der Waals surface area contributed by atoms with Crippen LogP contribution in [0.4, 0.5) is 0 Å². The van der Waals surface area contributed by atoms with Crippen molar-refractivity contribution < 1.29 is 14.3 Å². The Kier molecular flexibility index (Phi) is 5.48. The molecule has 0 saturated heterocycles. The topological polar surface area (TPSA) is 79.1 Å². The van der Waals surface area contributed by atoms with Crippen LogP contribution in [-0.4, -0.2) is 37.4 Å². The number of hydrogen-bond acceptors (Lipinski definition) is 6. The molecule has 1 aliphatic rings. The predicted molar refractivity (Wildman–Crippen MR) is 102 cm³/mol. The van der Waals surface area contributed by atoms with E-state index in [4.69, 9.17) is 9.47 Å². The summed E-state index contributed by atoms with van der Waals surface area (Å²) in [5, 5.41) is 4.19. The molecule has 2 aromatic rings. The normalized spacial score (nSPS) is 15.6. The SMILES string of the molecule is Cc1nc(-c2cnn(C)c2C(=O)OC(C)(C)C)ncc1OC1CCCCC1. The molecule has 0 spiro atoms. The molecule has 0 aromatic carbocycles. The minimum absolute atomic E-state index is 0.239. The molecule has 0 N–H and O–H groups in total. The van der Waals surface area contributed by atoms with Crippen LogP contribution in [0.25, 0.3) is 11.4 Å². The van der Waals surface area contributed by atoms with E-state index in [1.165, 1.54) is 23.9 Å². The highest BCUT2D eigenvalue weighted by atomic mass is 16.6. The molecule has 1 saturated carbocycles. The highest BCUT2D eigenvalue weighted by Gasteiger charge is 2.26. The molecule has 27 heavy (non-hydrogen) atoms. The van der Waals surface area contributed by atoms with E-state index in [1.807, 2.05) is 27.7 Å². The van der Waals surface area contributed by atoms with Crippen molar-refractivity contribution in [2.24, 2.45) is 7.05 Å². The first-order valence-electron chi connectivity index (χ1n) is 9.50. The Bertz CT molecular complexity index is 817. The van der Waals surface area contributed by atoms with Gasteiger partial charge in [-0.15, -0.1) is 0 Å². The highest BCUT2D eigenvalue weighted by Crippen LogP contribution is 2.27. The second-order valence-electron chi connectivity index (χ2n) is 8.05. The Balaban J connectivity index is 1.85. The lowest BCUT2D eigenvalue weighted by Crippen LogP contribution is -2.25. The summed E-state index contributed by atoms with van der Waals surface area (Å²) in [5.74, 6) is 0.701. The fourth-order valence-corrected chi connectivity index (χ4v) is 3.23. The van der Waals surface area contributed by atoms with Gasteiger partial charge in [0.2, 0.25) is 0 Å². The van der Waals surface area contributed by atoms with Crippen molar-refractivity contribution in [3.8, 4) is 17.1 Å². The lowest BCUT2D eigenvalue weighted by atomic mass is 9.98. The Labute approximate surface area is 160 Å².